The molecule has 5 nitrogen and oxygen atoms in total. The third-order valence-electron chi connectivity index (χ3n) is 3.79. The van der Waals surface area contributed by atoms with Gasteiger partial charge in [0, 0.05) is 5.02 Å². The molecule has 0 aromatic heterocycles. The first-order valence-electron chi connectivity index (χ1n) is 8.86. The number of carbonyl (C=O) groups is 2. The Balaban J connectivity index is 1.90. The highest BCUT2D eigenvalue weighted by atomic mass is 35.5. The van der Waals surface area contributed by atoms with E-state index in [2.05, 4.69) is 0 Å². The molecule has 3 rings (SSSR count). The molecule has 0 spiro atoms. The first-order chi connectivity index (χ1) is 13.4. The highest BCUT2D eigenvalue weighted by Gasteiger charge is 2.36. The molecule has 0 aliphatic carbocycles. The fraction of sp³-hybridized carbons (Fsp3) is 0.238. The fourth-order valence-electron chi connectivity index (χ4n) is 2.69. The first kappa shape index (κ1) is 20.3. The molecule has 0 radical (unpaired) electrons. The average Bonchev–Trinajstić information content (AvgIpc) is 2.90. The van der Waals surface area contributed by atoms with Gasteiger partial charge in [0.15, 0.2) is 11.5 Å². The molecule has 0 unspecified atom stereocenters. The summed E-state index contributed by atoms with van der Waals surface area (Å²) in [5, 5.41) is 0.103. The molecule has 1 fully saturated rings. The van der Waals surface area contributed by atoms with Crippen molar-refractivity contribution in [3.63, 3.8) is 0 Å². The molecule has 0 atom stereocenters. The SMILES string of the molecule is CCOc1cc(/C=C2\SC(=O)N(c3cccc(Cl)c3)C2=O)ccc1OC(C)C. The van der Waals surface area contributed by atoms with Gasteiger partial charge in [-0.15, -0.1) is 0 Å². The van der Waals surface area contributed by atoms with E-state index in [1.807, 2.05) is 26.8 Å². The van der Waals surface area contributed by atoms with Crippen LogP contribution in [0.4, 0.5) is 10.5 Å². The summed E-state index contributed by atoms with van der Waals surface area (Å²) in [6.07, 6.45) is 1.69. The van der Waals surface area contributed by atoms with Crippen LogP contribution in [0.1, 0.15) is 26.3 Å². The molecule has 28 heavy (non-hydrogen) atoms. The first-order valence-corrected chi connectivity index (χ1v) is 10.1. The molecule has 1 aliphatic rings. The lowest BCUT2D eigenvalue weighted by Gasteiger charge is -2.15. The molecule has 0 bridgehead atoms. The van der Waals surface area contributed by atoms with E-state index in [0.29, 0.717) is 33.7 Å². The lowest BCUT2D eigenvalue weighted by Crippen LogP contribution is -2.27. The molecule has 2 amide bonds. The van der Waals surface area contributed by atoms with Gasteiger partial charge >= 0.3 is 0 Å². The Kier molecular flexibility index (Phi) is 6.31. The van der Waals surface area contributed by atoms with Crippen molar-refractivity contribution in [1.29, 1.82) is 0 Å². The monoisotopic (exact) mass is 417 g/mol. The maximum Gasteiger partial charge on any atom is 0.298 e. The zero-order valence-corrected chi connectivity index (χ0v) is 17.3. The van der Waals surface area contributed by atoms with Crippen LogP contribution in [0, 0.1) is 0 Å². The minimum absolute atomic E-state index is 0.0132. The van der Waals surface area contributed by atoms with Gasteiger partial charge in [-0.05, 0) is 74.5 Å². The van der Waals surface area contributed by atoms with Crippen molar-refractivity contribution >= 4 is 46.3 Å². The Hall–Kier alpha value is -2.44. The molecule has 1 aliphatic heterocycles. The predicted octanol–water partition coefficient (Wildman–Crippen LogP) is 5.77. The zero-order valence-electron chi connectivity index (χ0n) is 15.8. The van der Waals surface area contributed by atoms with Crippen LogP contribution in [0.25, 0.3) is 6.08 Å². The van der Waals surface area contributed by atoms with E-state index in [1.165, 1.54) is 0 Å². The molecule has 7 heteroatoms. The van der Waals surface area contributed by atoms with Crippen LogP contribution < -0.4 is 14.4 Å². The summed E-state index contributed by atoms with van der Waals surface area (Å²) in [7, 11) is 0. The second-order valence-corrected chi connectivity index (χ2v) is 7.73. The number of benzene rings is 2. The highest BCUT2D eigenvalue weighted by molar-refractivity contribution is 8.19. The Bertz CT molecular complexity index is 942. The molecule has 1 heterocycles. The Morgan fingerprint density at radius 2 is 1.93 bits per heavy atom. The smallest absolute Gasteiger partial charge is 0.298 e. The molecule has 0 saturated carbocycles. The summed E-state index contributed by atoms with van der Waals surface area (Å²) in [6.45, 7) is 6.26. The number of rotatable bonds is 6. The van der Waals surface area contributed by atoms with Crippen molar-refractivity contribution in [1.82, 2.24) is 0 Å². The topological polar surface area (TPSA) is 55.8 Å². The summed E-state index contributed by atoms with van der Waals surface area (Å²) in [5.41, 5.74) is 1.20. The molecule has 146 valence electrons. The Labute approximate surface area is 173 Å². The van der Waals surface area contributed by atoms with Crippen molar-refractivity contribution in [2.24, 2.45) is 0 Å². The maximum absolute atomic E-state index is 12.8. The second kappa shape index (κ2) is 8.71. The van der Waals surface area contributed by atoms with E-state index in [9.17, 15) is 9.59 Å². The predicted molar refractivity (Wildman–Crippen MR) is 113 cm³/mol. The van der Waals surface area contributed by atoms with Crippen LogP contribution in [0.2, 0.25) is 5.02 Å². The molecular weight excluding hydrogens is 398 g/mol. The van der Waals surface area contributed by atoms with E-state index >= 15 is 0 Å². The lowest BCUT2D eigenvalue weighted by molar-refractivity contribution is -0.113. The van der Waals surface area contributed by atoms with Crippen molar-refractivity contribution in [3.8, 4) is 11.5 Å². The zero-order chi connectivity index (χ0) is 20.3. The van der Waals surface area contributed by atoms with Crippen LogP contribution in [-0.4, -0.2) is 23.9 Å². The molecule has 2 aromatic rings. The standard InChI is InChI=1S/C21H20ClNO4S/c1-4-26-18-10-14(8-9-17(18)27-13(2)3)11-19-20(24)23(21(25)28-19)16-7-5-6-15(22)12-16/h5-13H,4H2,1-3H3/b19-11-. The summed E-state index contributed by atoms with van der Waals surface area (Å²) >= 11 is 6.88. The molecule has 2 aromatic carbocycles. The number of hydrogen-bond donors (Lipinski definition) is 0. The largest absolute Gasteiger partial charge is 0.490 e. The van der Waals surface area contributed by atoms with Crippen molar-refractivity contribution in [2.75, 3.05) is 11.5 Å². The summed E-state index contributed by atoms with van der Waals surface area (Å²) in [4.78, 5) is 26.6. The van der Waals surface area contributed by atoms with Crippen molar-refractivity contribution in [3.05, 3.63) is 58.0 Å². The van der Waals surface area contributed by atoms with E-state index in [0.717, 1.165) is 22.2 Å². The van der Waals surface area contributed by atoms with Gasteiger partial charge in [-0.3, -0.25) is 9.59 Å². The number of halogens is 1. The number of nitrogens with zero attached hydrogens (tertiary/aromatic N) is 1. The summed E-state index contributed by atoms with van der Waals surface area (Å²) in [5.74, 6) is 0.859. The van der Waals surface area contributed by atoms with Gasteiger partial charge in [-0.25, -0.2) is 4.90 Å². The fourth-order valence-corrected chi connectivity index (χ4v) is 3.72. The van der Waals surface area contributed by atoms with Gasteiger partial charge < -0.3 is 9.47 Å². The van der Waals surface area contributed by atoms with Crippen LogP contribution in [0.15, 0.2) is 47.4 Å². The van der Waals surface area contributed by atoms with Gasteiger partial charge in [0.1, 0.15) is 0 Å². The van der Waals surface area contributed by atoms with Gasteiger partial charge in [-0.2, -0.15) is 0 Å². The number of ether oxygens (including phenoxy) is 2. The van der Waals surface area contributed by atoms with E-state index in [1.54, 1.807) is 42.5 Å². The third-order valence-corrected chi connectivity index (χ3v) is 4.89. The normalized spacial score (nSPS) is 15.6. The van der Waals surface area contributed by atoms with E-state index in [4.69, 9.17) is 21.1 Å². The van der Waals surface area contributed by atoms with Crippen LogP contribution in [0.3, 0.4) is 0 Å². The molecular formula is C21H20ClNO4S. The maximum atomic E-state index is 12.8. The van der Waals surface area contributed by atoms with Crippen molar-refractivity contribution < 1.29 is 19.1 Å². The minimum atomic E-state index is -0.377. The number of carbonyl (C=O) groups excluding carboxylic acids is 2. The van der Waals surface area contributed by atoms with Crippen LogP contribution in [0.5, 0.6) is 11.5 Å². The van der Waals surface area contributed by atoms with Gasteiger partial charge in [0.05, 0.1) is 23.3 Å². The van der Waals surface area contributed by atoms with Gasteiger partial charge in [-0.1, -0.05) is 23.7 Å². The second-order valence-electron chi connectivity index (χ2n) is 6.30. The number of anilines is 1. The van der Waals surface area contributed by atoms with E-state index < -0.39 is 0 Å². The average molecular weight is 418 g/mol. The third kappa shape index (κ3) is 4.51. The molecule has 0 N–H and O–H groups in total. The number of imide groups is 1. The minimum Gasteiger partial charge on any atom is -0.490 e. The number of amides is 2. The van der Waals surface area contributed by atoms with Crippen LogP contribution in [-0.2, 0) is 4.79 Å². The van der Waals surface area contributed by atoms with Gasteiger partial charge in [0.25, 0.3) is 11.1 Å². The Morgan fingerprint density at radius 3 is 2.61 bits per heavy atom. The van der Waals surface area contributed by atoms with Crippen LogP contribution >= 0.6 is 23.4 Å². The van der Waals surface area contributed by atoms with E-state index in [-0.39, 0.29) is 17.3 Å². The molecule has 1 saturated heterocycles. The summed E-state index contributed by atoms with van der Waals surface area (Å²) < 4.78 is 11.4. The lowest BCUT2D eigenvalue weighted by atomic mass is 10.1. The highest BCUT2D eigenvalue weighted by Crippen LogP contribution is 2.37. The Morgan fingerprint density at radius 1 is 1.14 bits per heavy atom. The number of hydrogen-bond acceptors (Lipinski definition) is 5. The summed E-state index contributed by atoms with van der Waals surface area (Å²) in [6, 6.07) is 12.1. The quantitative estimate of drug-likeness (QED) is 0.558. The van der Waals surface area contributed by atoms with Crippen molar-refractivity contribution in [2.45, 2.75) is 26.9 Å². The van der Waals surface area contributed by atoms with Gasteiger partial charge in [0.2, 0.25) is 0 Å². The number of thioether (sulfide) groups is 1.